The van der Waals surface area contributed by atoms with Gasteiger partial charge in [-0.3, -0.25) is 14.2 Å². The van der Waals surface area contributed by atoms with Gasteiger partial charge in [0.15, 0.2) is 5.78 Å². The largest absolute Gasteiger partial charge is 0.307 e. The molecule has 0 spiro atoms. The zero-order valence-corrected chi connectivity index (χ0v) is 12.5. The summed E-state index contributed by atoms with van der Waals surface area (Å²) in [6, 6.07) is 7.20. The first-order valence-corrected chi connectivity index (χ1v) is 7.05. The molecule has 5 heteroatoms. The molecule has 3 nitrogen and oxygen atoms in total. The molecule has 2 rings (SSSR count). The van der Waals surface area contributed by atoms with Crippen LogP contribution in [0.1, 0.15) is 20.9 Å². The molecule has 0 unspecified atom stereocenters. The van der Waals surface area contributed by atoms with E-state index in [1.807, 2.05) is 26.0 Å². The number of nitrogens with zero attached hydrogens (tertiary/aromatic N) is 1. The predicted molar refractivity (Wildman–Crippen MR) is 76.5 cm³/mol. The van der Waals surface area contributed by atoms with Crippen molar-refractivity contribution in [2.24, 2.45) is 0 Å². The smallest absolute Gasteiger partial charge is 0.295 e. The number of carbonyl (C=O) groups excluding carboxylic acids is 1. The first kappa shape index (κ1) is 13.2. The van der Waals surface area contributed by atoms with Crippen LogP contribution in [0.25, 0.3) is 0 Å². The Balaban J connectivity index is 2.30. The van der Waals surface area contributed by atoms with Gasteiger partial charge in [-0.2, -0.15) is 0 Å². The average Bonchev–Trinajstić information content (AvgIpc) is 2.56. The molecule has 0 saturated carbocycles. The van der Waals surface area contributed by atoms with Gasteiger partial charge in [-0.1, -0.05) is 39.4 Å². The first-order chi connectivity index (χ1) is 8.49. The van der Waals surface area contributed by atoms with Crippen LogP contribution in [0, 0.1) is 13.8 Å². The van der Waals surface area contributed by atoms with E-state index in [1.165, 1.54) is 15.9 Å². The van der Waals surface area contributed by atoms with Gasteiger partial charge in [-0.25, -0.2) is 0 Å². The summed E-state index contributed by atoms with van der Waals surface area (Å²) in [6.07, 6.45) is 0. The van der Waals surface area contributed by atoms with Gasteiger partial charge in [-0.05, 0) is 26.0 Å². The fourth-order valence-corrected chi connectivity index (χ4v) is 2.90. The third-order valence-corrected chi connectivity index (χ3v) is 4.31. The van der Waals surface area contributed by atoms with Crippen LogP contribution in [0.5, 0.6) is 0 Å². The Morgan fingerprint density at radius 2 is 2.11 bits per heavy atom. The van der Waals surface area contributed by atoms with Crippen LogP contribution < -0.4 is 4.87 Å². The third kappa shape index (κ3) is 2.62. The number of aromatic nitrogens is 1. The van der Waals surface area contributed by atoms with Crippen molar-refractivity contribution in [3.05, 3.63) is 54.5 Å². The molecule has 2 aromatic rings. The van der Waals surface area contributed by atoms with E-state index in [2.05, 4.69) is 15.9 Å². The predicted octanol–water partition coefficient (Wildman–Crippen LogP) is 3.17. The lowest BCUT2D eigenvalue weighted by molar-refractivity contribution is 0.0970. The van der Waals surface area contributed by atoms with Crippen LogP contribution >= 0.6 is 27.3 Å². The first-order valence-electron chi connectivity index (χ1n) is 5.44. The Hall–Kier alpha value is -1.20. The van der Waals surface area contributed by atoms with E-state index in [0.717, 1.165) is 15.0 Å². The van der Waals surface area contributed by atoms with E-state index in [4.69, 9.17) is 0 Å². The molecule has 0 N–H and O–H groups in total. The Labute approximate surface area is 117 Å². The molecule has 0 aliphatic carbocycles. The van der Waals surface area contributed by atoms with Gasteiger partial charge in [0.05, 0.1) is 6.54 Å². The Morgan fingerprint density at radius 3 is 2.67 bits per heavy atom. The zero-order chi connectivity index (χ0) is 13.3. The highest BCUT2D eigenvalue weighted by atomic mass is 79.9. The summed E-state index contributed by atoms with van der Waals surface area (Å²) in [5.41, 5.74) is 1.48. The van der Waals surface area contributed by atoms with E-state index in [9.17, 15) is 9.59 Å². The maximum atomic E-state index is 12.1. The molecule has 0 atom stereocenters. The number of Topliss-reactive ketones (excluding diaryl/α,β-unsaturated/α-hetero) is 1. The number of aryl methyl sites for hydroxylation is 1. The van der Waals surface area contributed by atoms with Gasteiger partial charge >= 0.3 is 4.87 Å². The quantitative estimate of drug-likeness (QED) is 0.813. The number of ketones is 1. The molecule has 0 amide bonds. The van der Waals surface area contributed by atoms with Crippen LogP contribution in [-0.2, 0) is 6.54 Å². The Morgan fingerprint density at radius 1 is 1.39 bits per heavy atom. The molecule has 0 saturated heterocycles. The van der Waals surface area contributed by atoms with Crippen molar-refractivity contribution in [1.29, 1.82) is 0 Å². The van der Waals surface area contributed by atoms with Crippen molar-refractivity contribution in [1.82, 2.24) is 4.57 Å². The Bertz CT molecular complexity index is 657. The number of hydrogen-bond donors (Lipinski definition) is 0. The second kappa shape index (κ2) is 5.20. The number of benzene rings is 1. The summed E-state index contributed by atoms with van der Waals surface area (Å²) >= 11 is 4.51. The summed E-state index contributed by atoms with van der Waals surface area (Å²) in [5.74, 6) is -0.0562. The standard InChI is InChI=1S/C13H12BrNO2S/c1-8-9(2)18-13(17)15(8)7-12(16)10-4-3-5-11(14)6-10/h3-6H,7H2,1-2H3. The van der Waals surface area contributed by atoms with E-state index in [1.54, 1.807) is 12.1 Å². The number of rotatable bonds is 3. The second-order valence-corrected chi connectivity index (χ2v) is 6.11. The van der Waals surface area contributed by atoms with Gasteiger partial charge in [-0.15, -0.1) is 0 Å². The van der Waals surface area contributed by atoms with Crippen molar-refractivity contribution >= 4 is 33.0 Å². The van der Waals surface area contributed by atoms with E-state index < -0.39 is 0 Å². The zero-order valence-electron chi connectivity index (χ0n) is 10.1. The van der Waals surface area contributed by atoms with E-state index in [0.29, 0.717) is 5.56 Å². The highest BCUT2D eigenvalue weighted by molar-refractivity contribution is 9.10. The molecule has 94 valence electrons. The maximum absolute atomic E-state index is 12.1. The highest BCUT2D eigenvalue weighted by Gasteiger charge is 2.13. The van der Waals surface area contributed by atoms with Crippen molar-refractivity contribution in [2.45, 2.75) is 20.4 Å². The molecule has 1 aromatic heterocycles. The SMILES string of the molecule is Cc1sc(=O)n(CC(=O)c2cccc(Br)c2)c1C. The van der Waals surface area contributed by atoms with Crippen LogP contribution in [0.15, 0.2) is 33.5 Å². The van der Waals surface area contributed by atoms with Gasteiger partial charge in [0.1, 0.15) is 0 Å². The van der Waals surface area contributed by atoms with Crippen LogP contribution in [-0.4, -0.2) is 10.4 Å². The molecule has 0 bridgehead atoms. The van der Waals surface area contributed by atoms with Crippen LogP contribution in [0.3, 0.4) is 0 Å². The Kier molecular flexibility index (Phi) is 3.82. The molecule has 0 radical (unpaired) electrons. The maximum Gasteiger partial charge on any atom is 0.307 e. The number of carbonyl (C=O) groups is 1. The lowest BCUT2D eigenvalue weighted by Gasteiger charge is -2.04. The van der Waals surface area contributed by atoms with Crippen molar-refractivity contribution in [2.75, 3.05) is 0 Å². The van der Waals surface area contributed by atoms with Gasteiger partial charge < -0.3 is 0 Å². The van der Waals surface area contributed by atoms with Crippen molar-refractivity contribution in [3.63, 3.8) is 0 Å². The molecule has 0 aliphatic heterocycles. The average molecular weight is 326 g/mol. The fraction of sp³-hybridized carbons (Fsp3) is 0.231. The molecule has 18 heavy (non-hydrogen) atoms. The normalized spacial score (nSPS) is 10.6. The van der Waals surface area contributed by atoms with Gasteiger partial charge in [0.25, 0.3) is 0 Å². The van der Waals surface area contributed by atoms with Gasteiger partial charge in [0, 0.05) is 20.6 Å². The van der Waals surface area contributed by atoms with Crippen molar-refractivity contribution < 1.29 is 4.79 Å². The summed E-state index contributed by atoms with van der Waals surface area (Å²) < 4.78 is 2.39. The monoisotopic (exact) mass is 325 g/mol. The third-order valence-electron chi connectivity index (χ3n) is 2.82. The minimum Gasteiger partial charge on any atom is -0.295 e. The number of thiazole rings is 1. The molecule has 0 fully saturated rings. The number of halogens is 1. The summed E-state index contributed by atoms with van der Waals surface area (Å²) in [5, 5.41) is 0. The van der Waals surface area contributed by atoms with E-state index >= 15 is 0 Å². The molecule has 1 heterocycles. The lowest BCUT2D eigenvalue weighted by atomic mass is 10.1. The summed E-state index contributed by atoms with van der Waals surface area (Å²) in [7, 11) is 0. The minimum absolute atomic E-state index is 0.0562. The summed E-state index contributed by atoms with van der Waals surface area (Å²) in [6.45, 7) is 3.86. The summed E-state index contributed by atoms with van der Waals surface area (Å²) in [4.78, 5) is 24.7. The molecular formula is C13H12BrNO2S. The van der Waals surface area contributed by atoms with Crippen molar-refractivity contribution in [3.8, 4) is 0 Å². The second-order valence-electron chi connectivity index (χ2n) is 4.03. The molecule has 1 aromatic carbocycles. The molecular weight excluding hydrogens is 314 g/mol. The number of hydrogen-bond acceptors (Lipinski definition) is 3. The lowest BCUT2D eigenvalue weighted by Crippen LogP contribution is -2.20. The van der Waals surface area contributed by atoms with Gasteiger partial charge in [0.2, 0.25) is 0 Å². The van der Waals surface area contributed by atoms with E-state index in [-0.39, 0.29) is 17.2 Å². The highest BCUT2D eigenvalue weighted by Crippen LogP contribution is 2.14. The topological polar surface area (TPSA) is 39.1 Å². The molecule has 0 aliphatic rings. The van der Waals surface area contributed by atoms with Crippen LogP contribution in [0.4, 0.5) is 0 Å². The fourth-order valence-electron chi connectivity index (χ4n) is 1.67. The van der Waals surface area contributed by atoms with Crippen LogP contribution in [0.2, 0.25) is 0 Å². The minimum atomic E-state index is -0.0756.